The summed E-state index contributed by atoms with van der Waals surface area (Å²) in [5, 5.41) is 7.71. The second kappa shape index (κ2) is 12.2. The summed E-state index contributed by atoms with van der Waals surface area (Å²) in [6.45, 7) is 1.17. The molecule has 0 radical (unpaired) electrons. The molecule has 0 unspecified atom stereocenters. The van der Waals surface area contributed by atoms with Crippen LogP contribution in [0.3, 0.4) is 0 Å². The molecule has 6 nitrogen and oxygen atoms in total. The lowest BCUT2D eigenvalue weighted by Gasteiger charge is -2.36. The second-order valence-electron chi connectivity index (χ2n) is 7.56. The van der Waals surface area contributed by atoms with Crippen LogP contribution in [0.5, 0.6) is 0 Å². The Labute approximate surface area is 198 Å². The van der Waals surface area contributed by atoms with E-state index in [1.807, 2.05) is 62.6 Å². The van der Waals surface area contributed by atoms with Crippen LogP contribution >= 0.6 is 34.8 Å². The molecule has 2 aromatic rings. The fraction of sp³-hybridized carbons (Fsp3) is 0.409. The molecule has 2 rings (SSSR count). The number of nitrogens with zero attached hydrogens (tertiary/aromatic N) is 3. The summed E-state index contributed by atoms with van der Waals surface area (Å²) in [6, 6.07) is 14.6. The van der Waals surface area contributed by atoms with E-state index in [0.717, 1.165) is 35.5 Å². The molecular weight excluding hydrogens is 459 g/mol. The molecule has 9 heteroatoms. The van der Waals surface area contributed by atoms with Gasteiger partial charge < -0.3 is 10.2 Å². The number of hydrogen-bond donors (Lipinski definition) is 1. The Kier molecular flexibility index (Phi) is 10.0. The van der Waals surface area contributed by atoms with Gasteiger partial charge in [-0.3, -0.25) is 0 Å². The summed E-state index contributed by atoms with van der Waals surface area (Å²) in [6.07, 6.45) is 1.63. The Morgan fingerprint density at radius 2 is 1.48 bits per heavy atom. The van der Waals surface area contributed by atoms with Crippen molar-refractivity contribution in [3.63, 3.8) is 0 Å². The van der Waals surface area contributed by atoms with Crippen LogP contribution in [0.25, 0.3) is 0 Å². The van der Waals surface area contributed by atoms with Crippen molar-refractivity contribution in [2.75, 3.05) is 39.6 Å². The lowest BCUT2D eigenvalue weighted by Crippen LogP contribution is -2.46. The normalized spacial score (nSPS) is 11.4. The van der Waals surface area contributed by atoms with Gasteiger partial charge in [0.1, 0.15) is 0 Å². The molecule has 0 fully saturated rings. The van der Waals surface area contributed by atoms with Gasteiger partial charge in [-0.15, -0.1) is 16.5 Å². The van der Waals surface area contributed by atoms with Gasteiger partial charge in [-0.05, 0) is 68.9 Å². The van der Waals surface area contributed by atoms with Crippen LogP contribution in [0.4, 0.5) is 4.79 Å². The summed E-state index contributed by atoms with van der Waals surface area (Å²) < 4.78 is 0. The zero-order chi connectivity index (χ0) is 22.9. The van der Waals surface area contributed by atoms with E-state index in [9.17, 15) is 9.70 Å². The first-order valence-corrected chi connectivity index (χ1v) is 11.2. The van der Waals surface area contributed by atoms with Crippen LogP contribution < -0.4 is 5.32 Å². The van der Waals surface area contributed by atoms with Crippen LogP contribution in [-0.2, 0) is 5.41 Å². The van der Waals surface area contributed by atoms with Crippen LogP contribution in [0.15, 0.2) is 53.8 Å². The maximum Gasteiger partial charge on any atom is 0.340 e. The number of hydrogen-bond acceptors (Lipinski definition) is 4. The number of urea groups is 1. The van der Waals surface area contributed by atoms with E-state index >= 15 is 0 Å². The molecule has 0 aliphatic heterocycles. The van der Waals surface area contributed by atoms with Gasteiger partial charge in [0, 0.05) is 27.9 Å². The third-order valence-corrected chi connectivity index (χ3v) is 5.85. The molecule has 2 amide bonds. The highest BCUT2D eigenvalue weighted by atomic mass is 35.5. The topological polar surface area (TPSA) is 65.0 Å². The van der Waals surface area contributed by atoms with E-state index < -0.39 is 11.4 Å². The number of benzene rings is 2. The van der Waals surface area contributed by atoms with Crippen molar-refractivity contribution in [3.8, 4) is 0 Å². The number of carbonyl (C=O) groups is 1. The molecule has 0 bridgehead atoms. The Hall–Kier alpha value is -1.86. The monoisotopic (exact) mass is 484 g/mol. The first-order valence-electron chi connectivity index (χ1n) is 9.94. The molecule has 168 valence electrons. The number of nitrogens with one attached hydrogen (secondary N) is 1. The first-order chi connectivity index (χ1) is 14.8. The number of alkyl halides is 1. The Bertz CT molecular complexity index is 799. The highest BCUT2D eigenvalue weighted by Crippen LogP contribution is 2.37. The highest BCUT2D eigenvalue weighted by molar-refractivity contribution is 6.30. The highest BCUT2D eigenvalue weighted by Gasteiger charge is 2.35. The van der Waals surface area contributed by atoms with E-state index in [4.69, 9.17) is 34.8 Å². The quantitative estimate of drug-likeness (QED) is 0.258. The van der Waals surface area contributed by atoms with Gasteiger partial charge in [-0.2, -0.15) is 5.01 Å². The molecule has 1 N–H and O–H groups in total. The number of nitroso groups, excluding NO2 is 1. The fourth-order valence-corrected chi connectivity index (χ4v) is 3.97. The molecule has 0 heterocycles. The van der Waals surface area contributed by atoms with Crippen molar-refractivity contribution in [1.29, 1.82) is 0 Å². The van der Waals surface area contributed by atoms with Crippen LogP contribution in [0.2, 0.25) is 10.0 Å². The lowest BCUT2D eigenvalue weighted by molar-refractivity contribution is 0.199. The third-order valence-electron chi connectivity index (χ3n) is 5.17. The Morgan fingerprint density at radius 1 is 0.968 bits per heavy atom. The molecule has 2 aromatic carbocycles. The summed E-state index contributed by atoms with van der Waals surface area (Å²) >= 11 is 18.0. The molecule has 0 aliphatic rings. The van der Waals surface area contributed by atoms with Gasteiger partial charge in [0.25, 0.3) is 0 Å². The number of rotatable bonds is 11. The summed E-state index contributed by atoms with van der Waals surface area (Å²) in [4.78, 5) is 25.7. The van der Waals surface area contributed by atoms with Gasteiger partial charge in [0.15, 0.2) is 0 Å². The summed E-state index contributed by atoms with van der Waals surface area (Å²) in [7, 11) is 4.04. The minimum atomic E-state index is -0.587. The largest absolute Gasteiger partial charge is 0.340 e. The average Bonchev–Trinajstić information content (AvgIpc) is 2.75. The minimum absolute atomic E-state index is 0.0341. The molecule has 0 spiro atoms. The molecule has 0 saturated heterocycles. The standard InChI is InChI=1S/C22H27Cl3N4O2/c1-28(2)14-3-12-22(17-4-8-19(24)9-5-17,18-6-10-20(25)11-7-18)16-26-21(30)29(27-31)15-13-23/h4-11H,3,12-16H2,1-2H3,(H,26,30). The van der Waals surface area contributed by atoms with Crippen molar-refractivity contribution >= 4 is 40.8 Å². The van der Waals surface area contributed by atoms with Crippen LogP contribution in [0, 0.1) is 4.91 Å². The van der Waals surface area contributed by atoms with Crippen LogP contribution in [-0.4, -0.2) is 55.5 Å². The molecule has 0 atom stereocenters. The summed E-state index contributed by atoms with van der Waals surface area (Å²) in [5.41, 5.74) is 1.44. The lowest BCUT2D eigenvalue weighted by atomic mass is 9.71. The number of amides is 2. The zero-order valence-corrected chi connectivity index (χ0v) is 19.9. The van der Waals surface area contributed by atoms with Gasteiger partial charge in [-0.25, -0.2) is 4.79 Å². The Morgan fingerprint density at radius 3 is 1.90 bits per heavy atom. The predicted molar refractivity (Wildman–Crippen MR) is 128 cm³/mol. The molecule has 0 saturated carbocycles. The average molecular weight is 486 g/mol. The van der Waals surface area contributed by atoms with Crippen molar-refractivity contribution in [2.45, 2.75) is 18.3 Å². The maximum absolute atomic E-state index is 12.6. The van der Waals surface area contributed by atoms with Gasteiger partial charge in [0.2, 0.25) is 0 Å². The van der Waals surface area contributed by atoms with Gasteiger partial charge in [0.05, 0.1) is 11.8 Å². The van der Waals surface area contributed by atoms with E-state index in [1.54, 1.807) is 0 Å². The van der Waals surface area contributed by atoms with Gasteiger partial charge >= 0.3 is 6.03 Å². The summed E-state index contributed by atoms with van der Waals surface area (Å²) in [5.74, 6) is 0.113. The predicted octanol–water partition coefficient (Wildman–Crippen LogP) is 5.55. The zero-order valence-electron chi connectivity index (χ0n) is 17.7. The van der Waals surface area contributed by atoms with E-state index in [2.05, 4.69) is 15.5 Å². The molecule has 31 heavy (non-hydrogen) atoms. The molecular formula is C22H27Cl3N4O2. The van der Waals surface area contributed by atoms with E-state index in [1.165, 1.54) is 0 Å². The third kappa shape index (κ3) is 7.07. The van der Waals surface area contributed by atoms with Crippen molar-refractivity contribution in [3.05, 3.63) is 74.6 Å². The fourth-order valence-electron chi connectivity index (χ4n) is 3.56. The van der Waals surface area contributed by atoms with Gasteiger partial charge in [-0.1, -0.05) is 47.5 Å². The van der Waals surface area contributed by atoms with E-state index in [-0.39, 0.29) is 19.0 Å². The molecule has 0 aliphatic carbocycles. The first kappa shape index (κ1) is 25.4. The minimum Gasteiger partial charge on any atom is -0.335 e. The van der Waals surface area contributed by atoms with Crippen LogP contribution in [0.1, 0.15) is 24.0 Å². The van der Waals surface area contributed by atoms with Crippen molar-refractivity contribution in [2.24, 2.45) is 5.29 Å². The van der Waals surface area contributed by atoms with Crippen molar-refractivity contribution < 1.29 is 4.79 Å². The SMILES string of the molecule is CN(C)CCCC(CNC(=O)N(CCCl)N=O)(c1ccc(Cl)cc1)c1ccc(Cl)cc1. The Balaban J connectivity index is 2.47. The van der Waals surface area contributed by atoms with Crippen molar-refractivity contribution in [1.82, 2.24) is 15.2 Å². The number of carbonyl (C=O) groups excluding carboxylic acids is 1. The number of halogens is 3. The molecule has 0 aromatic heterocycles. The maximum atomic E-state index is 12.6. The smallest absolute Gasteiger partial charge is 0.335 e. The second-order valence-corrected chi connectivity index (χ2v) is 8.81. The van der Waals surface area contributed by atoms with E-state index in [0.29, 0.717) is 10.0 Å².